The lowest BCUT2D eigenvalue weighted by Gasteiger charge is -2.30. The molecule has 1 fully saturated rings. The van der Waals surface area contributed by atoms with Gasteiger partial charge in [-0.25, -0.2) is 0 Å². The Bertz CT molecular complexity index is 546. The van der Waals surface area contributed by atoms with E-state index >= 15 is 0 Å². The molecule has 0 aromatic carbocycles. The topological polar surface area (TPSA) is 54.2 Å². The van der Waals surface area contributed by atoms with Crippen LogP contribution in [0.15, 0.2) is 16.0 Å². The summed E-state index contributed by atoms with van der Waals surface area (Å²) in [4.78, 5) is 6.76. The molecule has 1 aliphatic rings. The summed E-state index contributed by atoms with van der Waals surface area (Å²) in [6.07, 6.45) is 0. The van der Waals surface area contributed by atoms with Crippen LogP contribution in [0.2, 0.25) is 0 Å². The maximum Gasteiger partial charge on any atom is 0.258 e. The predicted molar refractivity (Wildman–Crippen MR) is 85.8 cm³/mol. The highest BCUT2D eigenvalue weighted by Gasteiger charge is 2.25. The summed E-state index contributed by atoms with van der Waals surface area (Å²) in [6, 6.07) is 2.26. The van der Waals surface area contributed by atoms with Crippen molar-refractivity contribution in [3.8, 4) is 11.5 Å². The van der Waals surface area contributed by atoms with Gasteiger partial charge in [-0.05, 0) is 35.7 Å². The third-order valence-corrected chi connectivity index (χ3v) is 4.85. The van der Waals surface area contributed by atoms with Crippen LogP contribution in [0.4, 0.5) is 0 Å². The van der Waals surface area contributed by atoms with Crippen molar-refractivity contribution >= 4 is 46.3 Å². The van der Waals surface area contributed by atoms with E-state index in [4.69, 9.17) is 4.52 Å². The van der Waals surface area contributed by atoms with Crippen LogP contribution in [-0.4, -0.2) is 41.7 Å². The fraction of sp³-hybridized carbons (Fsp3) is 0.455. The van der Waals surface area contributed by atoms with Crippen molar-refractivity contribution in [2.75, 3.05) is 26.7 Å². The van der Waals surface area contributed by atoms with Gasteiger partial charge >= 0.3 is 0 Å². The van der Waals surface area contributed by atoms with Crippen LogP contribution in [-0.2, 0) is 0 Å². The van der Waals surface area contributed by atoms with E-state index in [0.717, 1.165) is 31.0 Å². The van der Waals surface area contributed by atoms with Crippen LogP contribution in [0.25, 0.3) is 11.5 Å². The molecule has 1 N–H and O–H groups in total. The highest BCUT2D eigenvalue weighted by atomic mass is 127. The van der Waals surface area contributed by atoms with Crippen LogP contribution >= 0.6 is 46.3 Å². The quantitative estimate of drug-likeness (QED) is 0.768. The first-order chi connectivity index (χ1) is 8.74. The van der Waals surface area contributed by atoms with Gasteiger partial charge in [0.05, 0.1) is 14.5 Å². The van der Waals surface area contributed by atoms with Crippen LogP contribution in [0.3, 0.4) is 0 Å². The molecule has 3 rings (SSSR count). The van der Waals surface area contributed by atoms with Crippen molar-refractivity contribution in [1.29, 1.82) is 0 Å². The van der Waals surface area contributed by atoms with Gasteiger partial charge in [0.1, 0.15) is 0 Å². The minimum absolute atomic E-state index is 0. The van der Waals surface area contributed by atoms with Crippen molar-refractivity contribution < 1.29 is 4.52 Å². The van der Waals surface area contributed by atoms with E-state index in [2.05, 4.69) is 56.1 Å². The van der Waals surface area contributed by atoms with Crippen molar-refractivity contribution in [3.05, 3.63) is 20.2 Å². The lowest BCUT2D eigenvalue weighted by atomic mass is 10.2. The molecule has 1 atom stereocenters. The number of nitrogens with zero attached hydrogens (tertiary/aromatic N) is 3. The molecule has 0 spiro atoms. The Labute approximate surface area is 135 Å². The van der Waals surface area contributed by atoms with Gasteiger partial charge < -0.3 is 9.84 Å². The van der Waals surface area contributed by atoms with Crippen molar-refractivity contribution in [1.82, 2.24) is 20.4 Å². The molecule has 1 unspecified atom stereocenters. The van der Waals surface area contributed by atoms with Crippen LogP contribution in [0.1, 0.15) is 11.9 Å². The molecule has 5 nitrogen and oxygen atoms in total. The number of hydrogen-bond donors (Lipinski definition) is 1. The second-order valence-corrected chi connectivity index (χ2v) is 7.10. The Balaban J connectivity index is 0.00000133. The molecule has 8 heteroatoms. The first kappa shape index (κ1) is 15.2. The average Bonchev–Trinajstić information content (AvgIpc) is 2.98. The van der Waals surface area contributed by atoms with Crippen LogP contribution < -0.4 is 5.32 Å². The fourth-order valence-corrected chi connectivity index (χ4v) is 3.32. The van der Waals surface area contributed by atoms with E-state index < -0.39 is 0 Å². The molecule has 104 valence electrons. The van der Waals surface area contributed by atoms with Crippen molar-refractivity contribution in [2.45, 2.75) is 6.04 Å². The molecule has 0 radical (unpaired) electrons. The standard InChI is InChI=1S/C11H13IN4OS.ClH/c1-16-3-2-13-5-8(16)10-14-11(17-15-10)7-4-9(12)18-6-7;/h4,6,8,13H,2-3,5H2,1H3;1H. The van der Waals surface area contributed by atoms with Crippen LogP contribution in [0.5, 0.6) is 0 Å². The molecule has 0 amide bonds. The normalized spacial score (nSPS) is 20.2. The Morgan fingerprint density at radius 3 is 3.11 bits per heavy atom. The number of rotatable bonds is 2. The minimum Gasteiger partial charge on any atom is -0.334 e. The van der Waals surface area contributed by atoms with Gasteiger partial charge in [-0.15, -0.1) is 23.7 Å². The Hall–Kier alpha value is -0.220. The first-order valence-electron chi connectivity index (χ1n) is 5.73. The van der Waals surface area contributed by atoms with E-state index in [9.17, 15) is 0 Å². The van der Waals surface area contributed by atoms with Gasteiger partial charge in [-0.1, -0.05) is 5.16 Å². The van der Waals surface area contributed by atoms with Gasteiger partial charge in [0.15, 0.2) is 5.82 Å². The third kappa shape index (κ3) is 3.27. The van der Waals surface area contributed by atoms with Crippen LogP contribution in [0, 0.1) is 2.88 Å². The molecular weight excluding hydrogens is 399 g/mol. The largest absolute Gasteiger partial charge is 0.334 e. The summed E-state index contributed by atoms with van der Waals surface area (Å²) >= 11 is 3.97. The SMILES string of the molecule is CN1CCNCC1c1noc(-c2csc(I)c2)n1.Cl. The first-order valence-corrected chi connectivity index (χ1v) is 7.69. The molecule has 0 bridgehead atoms. The molecule has 2 aromatic rings. The smallest absolute Gasteiger partial charge is 0.258 e. The zero-order valence-corrected chi connectivity index (χ0v) is 14.1. The Morgan fingerprint density at radius 1 is 1.58 bits per heavy atom. The summed E-state index contributed by atoms with van der Waals surface area (Å²) in [5.74, 6) is 1.38. The number of halogens is 2. The number of thiophene rings is 1. The Morgan fingerprint density at radius 2 is 2.42 bits per heavy atom. The van der Waals surface area contributed by atoms with Gasteiger partial charge in [0.2, 0.25) is 0 Å². The second-order valence-electron chi connectivity index (χ2n) is 4.30. The molecular formula is C11H14ClIN4OS. The van der Waals surface area contributed by atoms with Gasteiger partial charge in [0.25, 0.3) is 5.89 Å². The maximum atomic E-state index is 5.35. The molecule has 1 saturated heterocycles. The zero-order valence-electron chi connectivity index (χ0n) is 10.3. The predicted octanol–water partition coefficient (Wildman–Crippen LogP) is 2.40. The maximum absolute atomic E-state index is 5.35. The molecule has 0 saturated carbocycles. The van der Waals surface area contributed by atoms with E-state index in [1.54, 1.807) is 11.3 Å². The van der Waals surface area contributed by atoms with Crippen molar-refractivity contribution in [2.24, 2.45) is 0 Å². The van der Waals surface area contributed by atoms with E-state index in [-0.39, 0.29) is 18.4 Å². The van der Waals surface area contributed by atoms with E-state index in [1.165, 1.54) is 2.88 Å². The fourth-order valence-electron chi connectivity index (χ4n) is 2.00. The molecule has 3 heterocycles. The lowest BCUT2D eigenvalue weighted by molar-refractivity contribution is 0.190. The lowest BCUT2D eigenvalue weighted by Crippen LogP contribution is -2.44. The summed E-state index contributed by atoms with van der Waals surface area (Å²) in [5, 5.41) is 9.51. The highest BCUT2D eigenvalue weighted by molar-refractivity contribution is 14.1. The second kappa shape index (κ2) is 6.49. The van der Waals surface area contributed by atoms with E-state index in [1.807, 2.05) is 5.38 Å². The number of nitrogens with one attached hydrogen (secondary N) is 1. The Kier molecular flexibility index (Phi) is 5.18. The van der Waals surface area contributed by atoms with Gasteiger partial charge in [0, 0.05) is 25.0 Å². The number of aromatic nitrogens is 2. The molecule has 19 heavy (non-hydrogen) atoms. The number of hydrogen-bond acceptors (Lipinski definition) is 6. The summed E-state index contributed by atoms with van der Waals surface area (Å²) in [6.45, 7) is 2.89. The summed E-state index contributed by atoms with van der Waals surface area (Å²) in [5.41, 5.74) is 1.01. The van der Waals surface area contributed by atoms with Gasteiger partial charge in [-0.3, -0.25) is 4.90 Å². The summed E-state index contributed by atoms with van der Waals surface area (Å²) < 4.78 is 6.57. The summed E-state index contributed by atoms with van der Waals surface area (Å²) in [7, 11) is 2.09. The third-order valence-electron chi connectivity index (χ3n) is 3.07. The van der Waals surface area contributed by atoms with Gasteiger partial charge in [-0.2, -0.15) is 4.98 Å². The average molecular weight is 413 g/mol. The molecule has 0 aliphatic carbocycles. The minimum atomic E-state index is 0. The molecule has 2 aromatic heterocycles. The highest BCUT2D eigenvalue weighted by Crippen LogP contribution is 2.27. The van der Waals surface area contributed by atoms with E-state index in [0.29, 0.717) is 5.89 Å². The zero-order chi connectivity index (χ0) is 12.5. The number of piperazine rings is 1. The number of likely N-dealkylation sites (N-methyl/N-ethyl adjacent to an activating group) is 1. The van der Waals surface area contributed by atoms with Crippen molar-refractivity contribution in [3.63, 3.8) is 0 Å². The monoisotopic (exact) mass is 412 g/mol. The molecule has 1 aliphatic heterocycles.